The fourth-order valence-electron chi connectivity index (χ4n) is 2.67. The first-order valence-corrected chi connectivity index (χ1v) is 10.1. The first kappa shape index (κ1) is 20.2. The highest BCUT2D eigenvalue weighted by molar-refractivity contribution is 9.10. The third-order valence-corrected chi connectivity index (χ3v) is 5.28. The monoisotopic (exact) mass is 426 g/mol. The fourth-order valence-corrected chi connectivity index (χ4v) is 3.30. The highest BCUT2D eigenvalue weighted by atomic mass is 79.9. The molecule has 4 nitrogen and oxygen atoms in total. The standard InChI is InChI=1S/C19H27BrN2O2S/c1-13(2)8-11-24-17-5-4-15(20)12-16(17)18(23)21-19(25)22-9-6-14(3)7-10-22/h4-5,12-14H,6-11H2,1-3H3,(H,21,23,25). The van der Waals surface area contributed by atoms with Crippen LogP contribution in [-0.4, -0.2) is 35.6 Å². The minimum absolute atomic E-state index is 0.218. The minimum Gasteiger partial charge on any atom is -0.493 e. The average molecular weight is 427 g/mol. The minimum atomic E-state index is -0.218. The van der Waals surface area contributed by atoms with Gasteiger partial charge in [0, 0.05) is 17.6 Å². The van der Waals surface area contributed by atoms with Crippen molar-refractivity contribution >= 4 is 39.2 Å². The van der Waals surface area contributed by atoms with Crippen molar-refractivity contribution in [3.63, 3.8) is 0 Å². The molecule has 0 atom stereocenters. The molecule has 0 aliphatic carbocycles. The second-order valence-electron chi connectivity index (χ2n) is 7.10. The quantitative estimate of drug-likeness (QED) is 0.697. The van der Waals surface area contributed by atoms with Crippen molar-refractivity contribution in [1.29, 1.82) is 0 Å². The zero-order valence-corrected chi connectivity index (χ0v) is 17.6. The molecule has 1 fully saturated rings. The summed E-state index contributed by atoms with van der Waals surface area (Å²) >= 11 is 8.85. The number of hydrogen-bond acceptors (Lipinski definition) is 3. The molecule has 1 heterocycles. The van der Waals surface area contributed by atoms with Crippen LogP contribution >= 0.6 is 28.1 Å². The van der Waals surface area contributed by atoms with Crippen LogP contribution in [0.2, 0.25) is 0 Å². The van der Waals surface area contributed by atoms with E-state index in [0.717, 1.165) is 42.7 Å². The lowest BCUT2D eigenvalue weighted by Crippen LogP contribution is -2.46. The molecule has 0 aromatic heterocycles. The van der Waals surface area contributed by atoms with Gasteiger partial charge in [0.2, 0.25) is 0 Å². The summed E-state index contributed by atoms with van der Waals surface area (Å²) in [5.74, 6) is 1.66. The Morgan fingerprint density at radius 3 is 2.72 bits per heavy atom. The molecule has 1 aliphatic heterocycles. The molecular weight excluding hydrogens is 400 g/mol. The van der Waals surface area contributed by atoms with Crippen molar-refractivity contribution in [3.8, 4) is 5.75 Å². The van der Waals surface area contributed by atoms with E-state index in [-0.39, 0.29) is 5.91 Å². The summed E-state index contributed by atoms with van der Waals surface area (Å²) in [4.78, 5) is 14.8. The van der Waals surface area contributed by atoms with Crippen LogP contribution in [0.1, 0.15) is 50.4 Å². The van der Waals surface area contributed by atoms with Crippen LogP contribution in [-0.2, 0) is 0 Å². The van der Waals surface area contributed by atoms with Crippen LogP contribution in [0.5, 0.6) is 5.75 Å². The van der Waals surface area contributed by atoms with Crippen molar-refractivity contribution in [2.24, 2.45) is 11.8 Å². The number of carbonyl (C=O) groups is 1. The van der Waals surface area contributed by atoms with Crippen LogP contribution in [0.15, 0.2) is 22.7 Å². The van der Waals surface area contributed by atoms with Gasteiger partial charge in [-0.3, -0.25) is 10.1 Å². The molecule has 1 amide bonds. The van der Waals surface area contributed by atoms with E-state index in [1.165, 1.54) is 0 Å². The Labute approximate surface area is 164 Å². The number of nitrogens with zero attached hydrogens (tertiary/aromatic N) is 1. The number of piperidine rings is 1. The Hall–Kier alpha value is -1.14. The summed E-state index contributed by atoms with van der Waals surface area (Å²) in [6.07, 6.45) is 3.16. The van der Waals surface area contributed by atoms with E-state index in [9.17, 15) is 4.79 Å². The molecule has 138 valence electrons. The van der Waals surface area contributed by atoms with Gasteiger partial charge in [-0.25, -0.2) is 0 Å². The maximum Gasteiger partial charge on any atom is 0.261 e. The molecule has 1 aliphatic rings. The zero-order valence-electron chi connectivity index (χ0n) is 15.2. The molecule has 2 rings (SSSR count). The molecule has 0 bridgehead atoms. The van der Waals surface area contributed by atoms with Gasteiger partial charge in [0.1, 0.15) is 5.75 Å². The maximum absolute atomic E-state index is 12.7. The van der Waals surface area contributed by atoms with Crippen LogP contribution in [0.3, 0.4) is 0 Å². The van der Waals surface area contributed by atoms with Crippen molar-refractivity contribution in [3.05, 3.63) is 28.2 Å². The highest BCUT2D eigenvalue weighted by Crippen LogP contribution is 2.24. The van der Waals surface area contributed by atoms with Crippen LogP contribution in [0.25, 0.3) is 0 Å². The van der Waals surface area contributed by atoms with Crippen LogP contribution in [0.4, 0.5) is 0 Å². The molecule has 1 aromatic rings. The SMILES string of the molecule is CC(C)CCOc1ccc(Br)cc1C(=O)NC(=S)N1CCC(C)CC1. The van der Waals surface area contributed by atoms with Crippen LogP contribution in [0, 0.1) is 11.8 Å². The zero-order chi connectivity index (χ0) is 18.4. The van der Waals surface area contributed by atoms with E-state index in [4.69, 9.17) is 17.0 Å². The smallest absolute Gasteiger partial charge is 0.261 e. The van der Waals surface area contributed by atoms with Gasteiger partial charge < -0.3 is 9.64 Å². The van der Waals surface area contributed by atoms with Gasteiger partial charge in [-0.15, -0.1) is 0 Å². The third-order valence-electron chi connectivity index (χ3n) is 4.43. The summed E-state index contributed by atoms with van der Waals surface area (Å²) in [6.45, 7) is 8.94. The fraction of sp³-hybridized carbons (Fsp3) is 0.579. The molecule has 0 unspecified atom stereocenters. The van der Waals surface area contributed by atoms with Crippen molar-refractivity contribution in [1.82, 2.24) is 10.2 Å². The first-order valence-electron chi connectivity index (χ1n) is 8.89. The summed E-state index contributed by atoms with van der Waals surface area (Å²) in [5.41, 5.74) is 0.505. The summed E-state index contributed by atoms with van der Waals surface area (Å²) in [7, 11) is 0. The lowest BCUT2D eigenvalue weighted by atomic mass is 10.00. The Kier molecular flexibility index (Phi) is 7.69. The predicted molar refractivity (Wildman–Crippen MR) is 109 cm³/mol. The molecule has 6 heteroatoms. The Morgan fingerprint density at radius 2 is 2.08 bits per heavy atom. The maximum atomic E-state index is 12.7. The van der Waals surface area contributed by atoms with Gasteiger partial charge in [0.25, 0.3) is 5.91 Å². The lowest BCUT2D eigenvalue weighted by Gasteiger charge is -2.32. The second kappa shape index (κ2) is 9.53. The number of nitrogens with one attached hydrogen (secondary N) is 1. The number of benzene rings is 1. The van der Waals surface area contributed by atoms with E-state index in [2.05, 4.69) is 46.9 Å². The molecule has 1 saturated heterocycles. The number of hydrogen-bond donors (Lipinski definition) is 1. The number of amides is 1. The van der Waals surface area contributed by atoms with E-state index in [1.807, 2.05) is 12.1 Å². The average Bonchev–Trinajstić information content (AvgIpc) is 2.56. The number of carbonyl (C=O) groups excluding carboxylic acids is 1. The van der Waals surface area contributed by atoms with Crippen molar-refractivity contribution < 1.29 is 9.53 Å². The number of likely N-dealkylation sites (tertiary alicyclic amines) is 1. The van der Waals surface area contributed by atoms with E-state index in [1.54, 1.807) is 6.07 Å². The molecule has 1 aromatic carbocycles. The number of thiocarbonyl (C=S) groups is 1. The van der Waals surface area contributed by atoms with Gasteiger partial charge in [-0.1, -0.05) is 36.7 Å². The second-order valence-corrected chi connectivity index (χ2v) is 8.40. The Morgan fingerprint density at radius 1 is 1.40 bits per heavy atom. The number of rotatable bonds is 5. The number of ether oxygens (including phenoxy) is 1. The summed E-state index contributed by atoms with van der Waals surface area (Å²) in [6, 6.07) is 5.48. The first-order chi connectivity index (χ1) is 11.9. The lowest BCUT2D eigenvalue weighted by molar-refractivity contribution is 0.0967. The highest BCUT2D eigenvalue weighted by Gasteiger charge is 2.21. The van der Waals surface area contributed by atoms with Gasteiger partial charge in [-0.05, 0) is 61.5 Å². The largest absolute Gasteiger partial charge is 0.493 e. The van der Waals surface area contributed by atoms with E-state index in [0.29, 0.717) is 29.0 Å². The van der Waals surface area contributed by atoms with Gasteiger partial charge in [0.15, 0.2) is 5.11 Å². The van der Waals surface area contributed by atoms with E-state index >= 15 is 0 Å². The third kappa shape index (κ3) is 6.26. The van der Waals surface area contributed by atoms with Crippen molar-refractivity contribution in [2.75, 3.05) is 19.7 Å². The molecular formula is C19H27BrN2O2S. The van der Waals surface area contributed by atoms with Crippen molar-refractivity contribution in [2.45, 2.75) is 40.0 Å². The predicted octanol–water partition coefficient (Wildman–Crippen LogP) is 4.62. The molecule has 25 heavy (non-hydrogen) atoms. The molecule has 0 radical (unpaired) electrons. The Bertz CT molecular complexity index is 613. The summed E-state index contributed by atoms with van der Waals surface area (Å²) < 4.78 is 6.67. The van der Waals surface area contributed by atoms with Gasteiger partial charge >= 0.3 is 0 Å². The van der Waals surface area contributed by atoms with Gasteiger partial charge in [0.05, 0.1) is 12.2 Å². The topological polar surface area (TPSA) is 41.6 Å². The van der Waals surface area contributed by atoms with E-state index < -0.39 is 0 Å². The molecule has 1 N–H and O–H groups in total. The molecule has 0 spiro atoms. The molecule has 0 saturated carbocycles. The Balaban J connectivity index is 2.02. The normalized spacial score (nSPS) is 15.3. The van der Waals surface area contributed by atoms with Gasteiger partial charge in [-0.2, -0.15) is 0 Å². The summed E-state index contributed by atoms with van der Waals surface area (Å²) in [5, 5.41) is 3.37. The van der Waals surface area contributed by atoms with Crippen LogP contribution < -0.4 is 10.1 Å². The number of halogens is 1.